The maximum Gasteiger partial charge on any atom is 0.414 e. The number of ether oxygens (including phenoxy) is 2. The molecule has 4 heterocycles. The van der Waals surface area contributed by atoms with Crippen molar-refractivity contribution in [3.63, 3.8) is 0 Å². The SMILES string of the molecule is COc1ccc2cccc(N3CC(NCC4CN(c5ccc6c(c5)NC(=O)CS6)C(=O)O4)C3)c2n1. The summed E-state index contributed by atoms with van der Waals surface area (Å²) in [4.78, 5) is 33.8. The van der Waals surface area contributed by atoms with Crippen molar-refractivity contribution in [3.8, 4) is 5.88 Å². The monoisotopic (exact) mass is 491 g/mol. The molecule has 3 aliphatic rings. The number of benzene rings is 2. The summed E-state index contributed by atoms with van der Waals surface area (Å²) < 4.78 is 10.9. The first kappa shape index (κ1) is 22.0. The minimum atomic E-state index is -0.363. The van der Waals surface area contributed by atoms with Crippen molar-refractivity contribution in [2.24, 2.45) is 0 Å². The van der Waals surface area contributed by atoms with Crippen LogP contribution in [0.2, 0.25) is 0 Å². The second-order valence-electron chi connectivity index (χ2n) is 8.85. The highest BCUT2D eigenvalue weighted by Crippen LogP contribution is 2.35. The molecular weight excluding hydrogens is 466 g/mol. The molecule has 2 fully saturated rings. The number of hydrogen-bond donors (Lipinski definition) is 2. The van der Waals surface area contributed by atoms with Crippen molar-refractivity contribution in [3.05, 3.63) is 48.5 Å². The third kappa shape index (κ3) is 4.23. The van der Waals surface area contributed by atoms with Gasteiger partial charge in [0.2, 0.25) is 11.8 Å². The Bertz CT molecular complexity index is 1310. The number of anilines is 3. The first-order valence-electron chi connectivity index (χ1n) is 11.5. The van der Waals surface area contributed by atoms with E-state index in [1.54, 1.807) is 12.0 Å². The van der Waals surface area contributed by atoms with Gasteiger partial charge in [0.25, 0.3) is 0 Å². The van der Waals surface area contributed by atoms with E-state index < -0.39 is 0 Å². The third-order valence-electron chi connectivity index (χ3n) is 6.52. The molecule has 0 radical (unpaired) electrons. The Morgan fingerprint density at radius 3 is 2.91 bits per heavy atom. The fraction of sp³-hybridized carbons (Fsp3) is 0.320. The lowest BCUT2D eigenvalue weighted by Crippen LogP contribution is -2.59. The average molecular weight is 492 g/mol. The molecule has 1 aromatic heterocycles. The maximum absolute atomic E-state index is 12.5. The predicted octanol–water partition coefficient (Wildman–Crippen LogP) is 3.09. The van der Waals surface area contributed by atoms with Gasteiger partial charge in [-0.1, -0.05) is 12.1 Å². The van der Waals surface area contributed by atoms with Crippen LogP contribution in [0.5, 0.6) is 5.88 Å². The summed E-state index contributed by atoms with van der Waals surface area (Å²) in [5.74, 6) is 0.988. The highest BCUT2D eigenvalue weighted by Gasteiger charge is 2.35. The minimum Gasteiger partial charge on any atom is -0.481 e. The molecule has 2 N–H and O–H groups in total. The van der Waals surface area contributed by atoms with Gasteiger partial charge in [-0.2, -0.15) is 0 Å². The number of pyridine rings is 1. The maximum atomic E-state index is 12.5. The molecule has 2 saturated heterocycles. The molecule has 3 aromatic rings. The highest BCUT2D eigenvalue weighted by atomic mass is 32.2. The Balaban J connectivity index is 1.05. The molecule has 3 aliphatic heterocycles. The van der Waals surface area contributed by atoms with Crippen LogP contribution < -0.4 is 25.2 Å². The average Bonchev–Trinajstić information content (AvgIpc) is 3.22. The predicted molar refractivity (Wildman–Crippen MR) is 136 cm³/mol. The molecule has 0 spiro atoms. The number of para-hydroxylation sites is 1. The molecule has 2 aromatic carbocycles. The zero-order valence-corrected chi connectivity index (χ0v) is 20.0. The lowest BCUT2D eigenvalue weighted by molar-refractivity contribution is -0.113. The van der Waals surface area contributed by atoms with Gasteiger partial charge in [0, 0.05) is 47.7 Å². The number of hydrogen-bond acceptors (Lipinski definition) is 8. The normalized spacial score (nSPS) is 19.9. The number of nitrogens with one attached hydrogen (secondary N) is 2. The molecule has 1 atom stereocenters. The van der Waals surface area contributed by atoms with E-state index in [0.29, 0.717) is 30.8 Å². The molecule has 0 aliphatic carbocycles. The summed E-state index contributed by atoms with van der Waals surface area (Å²) in [7, 11) is 1.62. The van der Waals surface area contributed by atoms with Crippen LogP contribution in [0.4, 0.5) is 21.9 Å². The van der Waals surface area contributed by atoms with E-state index in [2.05, 4.69) is 32.7 Å². The summed E-state index contributed by atoms with van der Waals surface area (Å²) in [6.07, 6.45) is -0.599. The van der Waals surface area contributed by atoms with Crippen molar-refractivity contribution in [1.29, 1.82) is 0 Å². The van der Waals surface area contributed by atoms with Gasteiger partial charge in [-0.05, 0) is 30.3 Å². The first-order valence-corrected chi connectivity index (χ1v) is 12.5. The number of aromatic nitrogens is 1. The van der Waals surface area contributed by atoms with Crippen molar-refractivity contribution in [1.82, 2.24) is 10.3 Å². The van der Waals surface area contributed by atoms with Crippen molar-refractivity contribution >= 4 is 51.7 Å². The molecule has 180 valence electrons. The Kier molecular flexibility index (Phi) is 5.62. The van der Waals surface area contributed by atoms with Crippen molar-refractivity contribution in [2.45, 2.75) is 17.0 Å². The van der Waals surface area contributed by atoms with E-state index in [4.69, 9.17) is 9.47 Å². The molecule has 35 heavy (non-hydrogen) atoms. The van der Waals surface area contributed by atoms with Crippen LogP contribution >= 0.6 is 11.8 Å². The molecule has 10 heteroatoms. The number of amides is 2. The Hall–Kier alpha value is -3.50. The van der Waals surface area contributed by atoms with Crippen LogP contribution in [0.15, 0.2) is 53.4 Å². The van der Waals surface area contributed by atoms with Gasteiger partial charge >= 0.3 is 6.09 Å². The second-order valence-corrected chi connectivity index (χ2v) is 9.86. The van der Waals surface area contributed by atoms with E-state index in [1.165, 1.54) is 11.8 Å². The van der Waals surface area contributed by atoms with E-state index in [9.17, 15) is 9.59 Å². The number of thioether (sulfide) groups is 1. The highest BCUT2D eigenvalue weighted by molar-refractivity contribution is 8.00. The van der Waals surface area contributed by atoms with Gasteiger partial charge < -0.3 is 25.0 Å². The smallest absolute Gasteiger partial charge is 0.414 e. The second kappa shape index (κ2) is 8.94. The molecule has 1 unspecified atom stereocenters. The summed E-state index contributed by atoms with van der Waals surface area (Å²) in [5.41, 5.74) is 3.50. The Labute approximate surface area is 206 Å². The van der Waals surface area contributed by atoms with Crippen LogP contribution in [-0.4, -0.2) is 68.2 Å². The first-order chi connectivity index (χ1) is 17.1. The number of fused-ring (bicyclic) bond motifs is 2. The van der Waals surface area contributed by atoms with Crippen molar-refractivity contribution < 1.29 is 19.1 Å². The lowest BCUT2D eigenvalue weighted by Gasteiger charge is -2.42. The topological polar surface area (TPSA) is 96.0 Å². The van der Waals surface area contributed by atoms with Gasteiger partial charge in [-0.25, -0.2) is 9.78 Å². The molecule has 6 rings (SSSR count). The molecule has 0 saturated carbocycles. The lowest BCUT2D eigenvalue weighted by atomic mass is 10.1. The van der Waals surface area contributed by atoms with Crippen LogP contribution in [0.3, 0.4) is 0 Å². The van der Waals surface area contributed by atoms with Gasteiger partial charge in [-0.3, -0.25) is 9.69 Å². The number of methoxy groups -OCH3 is 1. The molecular formula is C25H25N5O4S. The fourth-order valence-electron chi connectivity index (χ4n) is 4.66. The number of cyclic esters (lactones) is 1. The largest absolute Gasteiger partial charge is 0.481 e. The summed E-state index contributed by atoms with van der Waals surface area (Å²) in [5, 5.41) is 7.48. The third-order valence-corrected chi connectivity index (χ3v) is 7.59. The summed E-state index contributed by atoms with van der Waals surface area (Å²) >= 11 is 1.50. The molecule has 0 bridgehead atoms. The zero-order valence-electron chi connectivity index (χ0n) is 19.2. The van der Waals surface area contributed by atoms with E-state index in [1.807, 2.05) is 36.4 Å². The van der Waals surface area contributed by atoms with E-state index in [0.717, 1.165) is 46.0 Å². The van der Waals surface area contributed by atoms with E-state index >= 15 is 0 Å². The van der Waals surface area contributed by atoms with Gasteiger partial charge in [0.05, 0.1) is 36.3 Å². The zero-order chi connectivity index (χ0) is 23.9. The Morgan fingerprint density at radius 1 is 1.17 bits per heavy atom. The number of rotatable bonds is 6. The van der Waals surface area contributed by atoms with Crippen LogP contribution in [0.25, 0.3) is 10.9 Å². The minimum absolute atomic E-state index is 0.0290. The fourth-order valence-corrected chi connectivity index (χ4v) is 5.45. The number of carbonyl (C=O) groups is 2. The van der Waals surface area contributed by atoms with Gasteiger partial charge in [0.15, 0.2) is 0 Å². The summed E-state index contributed by atoms with van der Waals surface area (Å²) in [6.45, 7) is 2.75. The van der Waals surface area contributed by atoms with Crippen molar-refractivity contribution in [2.75, 3.05) is 54.2 Å². The standard InChI is InChI=1S/C25H25N5O4S/c1-33-23-8-5-15-3-2-4-20(24(15)28-23)29-11-16(12-29)26-10-18-13-30(25(32)34-18)17-6-7-21-19(9-17)27-22(31)14-35-21/h2-9,16,18,26H,10-14H2,1H3,(H,27,31). The summed E-state index contributed by atoms with van der Waals surface area (Å²) in [6, 6.07) is 16.1. The number of carbonyl (C=O) groups excluding carboxylic acids is 2. The van der Waals surface area contributed by atoms with Crippen LogP contribution in [-0.2, 0) is 9.53 Å². The Morgan fingerprint density at radius 2 is 2.06 bits per heavy atom. The number of nitrogens with zero attached hydrogens (tertiary/aromatic N) is 3. The van der Waals surface area contributed by atoms with Gasteiger partial charge in [0.1, 0.15) is 6.10 Å². The quantitative estimate of drug-likeness (QED) is 0.543. The van der Waals surface area contributed by atoms with Crippen LogP contribution in [0.1, 0.15) is 0 Å². The van der Waals surface area contributed by atoms with E-state index in [-0.39, 0.29) is 18.1 Å². The molecule has 2 amide bonds. The van der Waals surface area contributed by atoms with Gasteiger partial charge in [-0.15, -0.1) is 11.8 Å². The van der Waals surface area contributed by atoms with Crippen LogP contribution in [0, 0.1) is 0 Å². The molecule has 9 nitrogen and oxygen atoms in total.